The number of fused-ring (bicyclic) bond motifs is 2. The molecule has 1 N–H and O–H groups in total. The number of nitrogens with one attached hydrogen (secondary N) is 1. The van der Waals surface area contributed by atoms with Gasteiger partial charge in [0.05, 0.1) is 5.39 Å². The fraction of sp³-hybridized carbons (Fsp3) is 0.300. The highest BCUT2D eigenvalue weighted by molar-refractivity contribution is 5.94. The van der Waals surface area contributed by atoms with E-state index < -0.39 is 6.04 Å². The van der Waals surface area contributed by atoms with Crippen molar-refractivity contribution in [3.8, 4) is 11.5 Å². The topological polar surface area (TPSA) is 95.3 Å². The molecule has 1 aliphatic heterocycles. The van der Waals surface area contributed by atoms with E-state index in [0.717, 1.165) is 4.68 Å². The Balaban J connectivity index is 1.66. The summed E-state index contributed by atoms with van der Waals surface area (Å²) < 4.78 is 12.2. The van der Waals surface area contributed by atoms with Crippen LogP contribution >= 0.6 is 0 Å². The molecule has 4 rings (SSSR count). The number of amides is 1. The molecule has 1 amide bonds. The summed E-state index contributed by atoms with van der Waals surface area (Å²) in [5.41, 5.74) is 0.710. The standard InChI is InChI=1S/C20H20N4O4/c1-12(2)18(24-20(26)14-5-3-4-6-15(14)22-23-24)19(25)21-13-7-8-16-17(11-13)28-10-9-27-16/h3-8,11-12,18H,9-10H2,1-2H3,(H,21,25)/t18-/m0/s1. The molecule has 3 aromatic rings. The van der Waals surface area contributed by atoms with E-state index in [-0.39, 0.29) is 17.4 Å². The van der Waals surface area contributed by atoms with Crippen molar-refractivity contribution in [3.05, 3.63) is 52.8 Å². The van der Waals surface area contributed by atoms with Gasteiger partial charge in [-0.15, -0.1) is 5.10 Å². The summed E-state index contributed by atoms with van der Waals surface area (Å²) >= 11 is 0. The number of carbonyl (C=O) groups is 1. The van der Waals surface area contributed by atoms with E-state index >= 15 is 0 Å². The third-order valence-electron chi connectivity index (χ3n) is 4.56. The number of carbonyl (C=O) groups excluding carboxylic acids is 1. The van der Waals surface area contributed by atoms with Crippen molar-refractivity contribution in [2.24, 2.45) is 5.92 Å². The third kappa shape index (κ3) is 3.28. The van der Waals surface area contributed by atoms with Gasteiger partial charge in [0.2, 0.25) is 5.91 Å². The Bertz CT molecular complexity index is 1090. The lowest BCUT2D eigenvalue weighted by Gasteiger charge is -2.22. The first-order valence-corrected chi connectivity index (χ1v) is 9.09. The van der Waals surface area contributed by atoms with Crippen LogP contribution in [0.4, 0.5) is 5.69 Å². The lowest BCUT2D eigenvalue weighted by molar-refractivity contribution is -0.120. The summed E-state index contributed by atoms with van der Waals surface area (Å²) in [5.74, 6) is 0.692. The van der Waals surface area contributed by atoms with Gasteiger partial charge >= 0.3 is 0 Å². The number of ether oxygens (including phenoxy) is 2. The molecule has 144 valence electrons. The van der Waals surface area contributed by atoms with Crippen molar-refractivity contribution < 1.29 is 14.3 Å². The summed E-state index contributed by atoms with van der Waals surface area (Å²) in [5, 5.41) is 11.4. The molecule has 8 heteroatoms. The Kier molecular flexibility index (Phi) is 4.68. The van der Waals surface area contributed by atoms with Gasteiger partial charge in [0, 0.05) is 11.8 Å². The van der Waals surface area contributed by atoms with Crippen LogP contribution in [-0.2, 0) is 4.79 Å². The molecular formula is C20H20N4O4. The van der Waals surface area contributed by atoms with Crippen LogP contribution < -0.4 is 20.3 Å². The summed E-state index contributed by atoms with van der Waals surface area (Å²) in [6.07, 6.45) is 0. The van der Waals surface area contributed by atoms with E-state index in [1.807, 2.05) is 13.8 Å². The minimum Gasteiger partial charge on any atom is -0.486 e. The SMILES string of the molecule is CC(C)[C@@H](C(=O)Nc1ccc2c(c1)OCCO2)n1nnc2ccccc2c1=O. The number of aromatic nitrogens is 3. The van der Waals surface area contributed by atoms with E-state index in [0.29, 0.717) is 41.3 Å². The molecule has 1 aromatic heterocycles. The van der Waals surface area contributed by atoms with E-state index in [1.54, 1.807) is 42.5 Å². The maximum absolute atomic E-state index is 13.0. The first kappa shape index (κ1) is 18.0. The van der Waals surface area contributed by atoms with E-state index in [2.05, 4.69) is 15.6 Å². The van der Waals surface area contributed by atoms with Crippen molar-refractivity contribution >= 4 is 22.5 Å². The maximum atomic E-state index is 13.0. The van der Waals surface area contributed by atoms with Gasteiger partial charge in [0.25, 0.3) is 5.56 Å². The van der Waals surface area contributed by atoms with Gasteiger partial charge in [-0.1, -0.05) is 31.2 Å². The molecule has 2 aromatic carbocycles. The molecule has 0 saturated carbocycles. The second-order valence-corrected chi connectivity index (χ2v) is 6.89. The van der Waals surface area contributed by atoms with Crippen LogP contribution in [-0.4, -0.2) is 34.1 Å². The Morgan fingerprint density at radius 1 is 1.11 bits per heavy atom. The first-order chi connectivity index (χ1) is 13.5. The van der Waals surface area contributed by atoms with E-state index in [1.165, 1.54) is 0 Å². The van der Waals surface area contributed by atoms with Crippen LogP contribution in [0.2, 0.25) is 0 Å². The van der Waals surface area contributed by atoms with Gasteiger partial charge in [-0.3, -0.25) is 9.59 Å². The van der Waals surface area contributed by atoms with Crippen molar-refractivity contribution in [2.45, 2.75) is 19.9 Å². The lowest BCUT2D eigenvalue weighted by Crippen LogP contribution is -2.38. The smallest absolute Gasteiger partial charge is 0.278 e. The average Bonchev–Trinajstić information content (AvgIpc) is 2.70. The molecule has 0 radical (unpaired) electrons. The fourth-order valence-corrected chi connectivity index (χ4v) is 3.22. The Morgan fingerprint density at radius 2 is 1.86 bits per heavy atom. The van der Waals surface area contributed by atoms with E-state index in [4.69, 9.17) is 9.47 Å². The van der Waals surface area contributed by atoms with Crippen LogP contribution in [0.15, 0.2) is 47.3 Å². The molecule has 0 aliphatic carbocycles. The van der Waals surface area contributed by atoms with Gasteiger partial charge in [-0.25, -0.2) is 0 Å². The third-order valence-corrected chi connectivity index (χ3v) is 4.56. The maximum Gasteiger partial charge on any atom is 0.278 e. The molecule has 1 aliphatic rings. The summed E-state index contributed by atoms with van der Waals surface area (Å²) in [7, 11) is 0. The monoisotopic (exact) mass is 380 g/mol. The Hall–Kier alpha value is -3.42. The summed E-state index contributed by atoms with van der Waals surface area (Å²) in [4.78, 5) is 25.9. The normalized spacial score (nSPS) is 14.1. The van der Waals surface area contributed by atoms with E-state index in [9.17, 15) is 9.59 Å². The van der Waals surface area contributed by atoms with Crippen LogP contribution in [0.1, 0.15) is 19.9 Å². The zero-order valence-electron chi connectivity index (χ0n) is 15.6. The quantitative estimate of drug-likeness (QED) is 0.747. The largest absolute Gasteiger partial charge is 0.486 e. The second kappa shape index (κ2) is 7.30. The van der Waals surface area contributed by atoms with Gasteiger partial charge < -0.3 is 14.8 Å². The molecule has 8 nitrogen and oxygen atoms in total. The number of hydrogen-bond acceptors (Lipinski definition) is 6. The number of benzene rings is 2. The predicted octanol–water partition coefficient (Wildman–Crippen LogP) is 2.40. The Morgan fingerprint density at radius 3 is 2.64 bits per heavy atom. The molecule has 2 heterocycles. The van der Waals surface area contributed by atoms with Gasteiger partial charge in [-0.05, 0) is 30.2 Å². The summed E-state index contributed by atoms with van der Waals surface area (Å²) in [6.45, 7) is 4.67. The molecule has 0 spiro atoms. The molecule has 1 atom stereocenters. The predicted molar refractivity (Wildman–Crippen MR) is 104 cm³/mol. The molecule has 28 heavy (non-hydrogen) atoms. The Labute approximate surface area is 161 Å². The van der Waals surface area contributed by atoms with Crippen molar-refractivity contribution in [3.63, 3.8) is 0 Å². The molecule has 0 unspecified atom stereocenters. The highest BCUT2D eigenvalue weighted by Gasteiger charge is 2.28. The zero-order valence-corrected chi connectivity index (χ0v) is 15.6. The number of anilines is 1. The molecule has 0 bridgehead atoms. The summed E-state index contributed by atoms with van der Waals surface area (Å²) in [6, 6.07) is 11.3. The highest BCUT2D eigenvalue weighted by atomic mass is 16.6. The van der Waals surface area contributed by atoms with Crippen LogP contribution in [0.5, 0.6) is 11.5 Å². The average molecular weight is 380 g/mol. The van der Waals surface area contributed by atoms with Gasteiger partial charge in [-0.2, -0.15) is 4.68 Å². The lowest BCUT2D eigenvalue weighted by atomic mass is 10.0. The molecular weight excluding hydrogens is 360 g/mol. The number of rotatable bonds is 4. The van der Waals surface area contributed by atoms with Crippen LogP contribution in [0, 0.1) is 5.92 Å². The zero-order chi connectivity index (χ0) is 19.7. The van der Waals surface area contributed by atoms with Gasteiger partial charge in [0.1, 0.15) is 24.8 Å². The molecule has 0 saturated heterocycles. The van der Waals surface area contributed by atoms with Crippen LogP contribution in [0.25, 0.3) is 10.9 Å². The minimum absolute atomic E-state index is 0.176. The molecule has 0 fully saturated rings. The van der Waals surface area contributed by atoms with Gasteiger partial charge in [0.15, 0.2) is 11.5 Å². The van der Waals surface area contributed by atoms with Crippen LogP contribution in [0.3, 0.4) is 0 Å². The van der Waals surface area contributed by atoms with Crippen molar-refractivity contribution in [2.75, 3.05) is 18.5 Å². The second-order valence-electron chi connectivity index (χ2n) is 6.89. The minimum atomic E-state index is -0.808. The first-order valence-electron chi connectivity index (χ1n) is 9.09. The van der Waals surface area contributed by atoms with Crippen molar-refractivity contribution in [1.82, 2.24) is 15.0 Å². The number of nitrogens with zero attached hydrogens (tertiary/aromatic N) is 3. The fourth-order valence-electron chi connectivity index (χ4n) is 3.22. The number of hydrogen-bond donors (Lipinski definition) is 1. The van der Waals surface area contributed by atoms with Crippen molar-refractivity contribution in [1.29, 1.82) is 0 Å². The highest BCUT2D eigenvalue weighted by Crippen LogP contribution is 2.33.